The lowest BCUT2D eigenvalue weighted by Crippen LogP contribution is -2.68. The van der Waals surface area contributed by atoms with Gasteiger partial charge in [0.25, 0.3) is 0 Å². The van der Waals surface area contributed by atoms with Gasteiger partial charge in [-0.15, -0.1) is 0 Å². The van der Waals surface area contributed by atoms with Gasteiger partial charge in [0.1, 0.15) is 5.75 Å². The van der Waals surface area contributed by atoms with Gasteiger partial charge in [0, 0.05) is 47.7 Å². The molecule has 2 aromatic carbocycles. The highest BCUT2D eigenvalue weighted by Gasteiger charge is 2.57. The van der Waals surface area contributed by atoms with Gasteiger partial charge in [-0.1, -0.05) is 17.7 Å². The summed E-state index contributed by atoms with van der Waals surface area (Å²) in [6.07, 6.45) is 0. The number of ether oxygens (including phenoxy) is 1. The normalized spacial score (nSPS) is 20.6. The van der Waals surface area contributed by atoms with Gasteiger partial charge in [-0.25, -0.2) is 16.8 Å². The highest BCUT2D eigenvalue weighted by Crippen LogP contribution is 2.50. The Kier molecular flexibility index (Phi) is 5.76. The van der Waals surface area contributed by atoms with Gasteiger partial charge in [0.15, 0.2) is 0 Å². The molecule has 1 aromatic heterocycles. The summed E-state index contributed by atoms with van der Waals surface area (Å²) in [5.74, 6) is 0.615. The minimum atomic E-state index is -3.98. The van der Waals surface area contributed by atoms with E-state index in [1.807, 2.05) is 25.1 Å². The first-order valence-corrected chi connectivity index (χ1v) is 14.5. The van der Waals surface area contributed by atoms with Crippen LogP contribution in [0.25, 0.3) is 10.9 Å². The number of aliphatic hydroxyl groups excluding tert-OH is 1. The van der Waals surface area contributed by atoms with Crippen LogP contribution in [-0.2, 0) is 25.5 Å². The predicted octanol–water partition coefficient (Wildman–Crippen LogP) is 2.13. The molecule has 0 amide bonds. The summed E-state index contributed by atoms with van der Waals surface area (Å²) in [4.78, 5) is 3.47. The maximum atomic E-state index is 13.8. The second kappa shape index (κ2) is 8.31. The van der Waals surface area contributed by atoms with E-state index in [1.165, 1.54) is 8.61 Å². The fourth-order valence-electron chi connectivity index (χ4n) is 5.32. The fourth-order valence-corrected chi connectivity index (χ4v) is 8.25. The summed E-state index contributed by atoms with van der Waals surface area (Å²) in [5, 5.41) is 11.3. The molecule has 1 saturated heterocycles. The molecule has 0 saturated carbocycles. The van der Waals surface area contributed by atoms with Crippen LogP contribution in [0.15, 0.2) is 47.4 Å². The third-order valence-electron chi connectivity index (χ3n) is 7.22. The highest BCUT2D eigenvalue weighted by atomic mass is 32.2. The maximum Gasteiger partial charge on any atom is 0.243 e. The Hall–Kier alpha value is -2.44. The summed E-state index contributed by atoms with van der Waals surface area (Å²) < 4.78 is 60.9. The lowest BCUT2D eigenvalue weighted by Gasteiger charge is -2.54. The molecule has 9 nitrogen and oxygen atoms in total. The first-order valence-electron chi connectivity index (χ1n) is 11.4. The first-order chi connectivity index (χ1) is 16.6. The maximum absolute atomic E-state index is 13.8. The van der Waals surface area contributed by atoms with Crippen molar-refractivity contribution in [2.75, 3.05) is 39.1 Å². The highest BCUT2D eigenvalue weighted by molar-refractivity contribution is 7.89. The van der Waals surface area contributed by atoms with Crippen LogP contribution in [0.4, 0.5) is 0 Å². The van der Waals surface area contributed by atoms with Gasteiger partial charge in [-0.2, -0.15) is 8.61 Å². The summed E-state index contributed by atoms with van der Waals surface area (Å²) in [6, 6.07) is 11.3. The zero-order valence-corrected chi connectivity index (χ0v) is 21.5. The Morgan fingerprint density at radius 1 is 1.09 bits per heavy atom. The molecule has 11 heteroatoms. The number of benzene rings is 2. The monoisotopic (exact) mass is 519 g/mol. The van der Waals surface area contributed by atoms with Crippen LogP contribution >= 0.6 is 0 Å². The number of aryl methyl sites for hydroxylation is 1. The van der Waals surface area contributed by atoms with Crippen molar-refractivity contribution in [3.05, 3.63) is 59.3 Å². The molecule has 0 radical (unpaired) electrons. The molecule has 2 aliphatic rings. The number of sulfonamides is 2. The van der Waals surface area contributed by atoms with E-state index in [2.05, 4.69) is 4.98 Å². The summed E-state index contributed by atoms with van der Waals surface area (Å²) in [5.41, 5.74) is 2.40. The molecule has 1 atom stereocenters. The number of nitrogens with zero attached hydrogens (tertiary/aromatic N) is 2. The Morgan fingerprint density at radius 3 is 2.37 bits per heavy atom. The van der Waals surface area contributed by atoms with Crippen molar-refractivity contribution >= 4 is 30.9 Å². The van der Waals surface area contributed by atoms with E-state index >= 15 is 0 Å². The van der Waals surface area contributed by atoms with E-state index in [0.29, 0.717) is 11.4 Å². The SMILES string of the molecule is CCS(=O)(=O)N1CC2(C1)CN(S(=O)(=O)c1ccc(C)cc1)[C@@H](CO)c1[nH]c3cc(OC)ccc3c12. The first kappa shape index (κ1) is 24.3. The topological polar surface area (TPSA) is 120 Å². The fraction of sp³-hybridized carbons (Fsp3) is 0.417. The smallest absolute Gasteiger partial charge is 0.243 e. The number of hydrogen-bond acceptors (Lipinski definition) is 6. The molecule has 3 heterocycles. The van der Waals surface area contributed by atoms with Gasteiger partial charge in [0.2, 0.25) is 20.0 Å². The van der Waals surface area contributed by atoms with E-state index in [9.17, 15) is 21.9 Å². The van der Waals surface area contributed by atoms with Crippen molar-refractivity contribution in [2.24, 2.45) is 0 Å². The number of aliphatic hydroxyl groups is 1. The summed E-state index contributed by atoms with van der Waals surface area (Å²) in [6.45, 7) is 3.47. The zero-order chi connectivity index (χ0) is 25.2. The Labute approximate surface area is 205 Å². The van der Waals surface area contributed by atoms with E-state index in [1.54, 1.807) is 38.3 Å². The third kappa shape index (κ3) is 3.68. The Bertz CT molecular complexity index is 1490. The van der Waals surface area contributed by atoms with E-state index < -0.39 is 38.1 Å². The molecule has 3 aromatic rings. The van der Waals surface area contributed by atoms with Crippen LogP contribution in [0.5, 0.6) is 5.75 Å². The molecule has 5 rings (SSSR count). The van der Waals surface area contributed by atoms with Gasteiger partial charge in [-0.3, -0.25) is 0 Å². The van der Waals surface area contributed by atoms with E-state index in [-0.39, 0.29) is 30.3 Å². The number of fused-ring (bicyclic) bond motifs is 4. The molecule has 0 bridgehead atoms. The lowest BCUT2D eigenvalue weighted by atomic mass is 9.70. The largest absolute Gasteiger partial charge is 0.497 e. The van der Waals surface area contributed by atoms with Crippen LogP contribution < -0.4 is 4.74 Å². The zero-order valence-electron chi connectivity index (χ0n) is 19.9. The Balaban J connectivity index is 1.69. The van der Waals surface area contributed by atoms with Crippen molar-refractivity contribution in [1.82, 2.24) is 13.6 Å². The lowest BCUT2D eigenvalue weighted by molar-refractivity contribution is 0.0768. The van der Waals surface area contributed by atoms with E-state index in [4.69, 9.17) is 4.74 Å². The molecule has 0 aliphatic carbocycles. The van der Waals surface area contributed by atoms with Crippen molar-refractivity contribution in [3.8, 4) is 5.75 Å². The average Bonchev–Trinajstić information content (AvgIpc) is 3.20. The number of hydrogen-bond donors (Lipinski definition) is 2. The summed E-state index contributed by atoms with van der Waals surface area (Å²) >= 11 is 0. The number of aromatic nitrogens is 1. The second-order valence-corrected chi connectivity index (χ2v) is 13.5. The number of methoxy groups -OCH3 is 1. The minimum Gasteiger partial charge on any atom is -0.497 e. The second-order valence-electron chi connectivity index (χ2n) is 9.34. The molecule has 188 valence electrons. The van der Waals surface area contributed by atoms with E-state index in [0.717, 1.165) is 22.0 Å². The van der Waals surface area contributed by atoms with Crippen molar-refractivity contribution < 1.29 is 26.7 Å². The van der Waals surface area contributed by atoms with Gasteiger partial charge in [-0.05, 0) is 43.7 Å². The van der Waals surface area contributed by atoms with Crippen molar-refractivity contribution in [2.45, 2.75) is 30.2 Å². The standard InChI is InChI=1S/C24H29N3O6S2/c1-4-34(29,30)26-13-24(14-26)15-27(35(31,32)18-8-5-16(2)6-9-18)21(12-28)23-22(24)19-10-7-17(33-3)11-20(19)25-23/h5-11,21,25,28H,4,12-15H2,1-3H3/t21-/m0/s1. The van der Waals surface area contributed by atoms with Crippen molar-refractivity contribution in [3.63, 3.8) is 0 Å². The van der Waals surface area contributed by atoms with Gasteiger partial charge < -0.3 is 14.8 Å². The molecule has 1 spiro atoms. The molecule has 0 unspecified atom stereocenters. The minimum absolute atomic E-state index is 0.0222. The number of nitrogens with one attached hydrogen (secondary N) is 1. The van der Waals surface area contributed by atoms with Crippen LogP contribution in [0.1, 0.15) is 29.8 Å². The quantitative estimate of drug-likeness (QED) is 0.515. The average molecular weight is 520 g/mol. The van der Waals surface area contributed by atoms with Gasteiger partial charge in [0.05, 0.1) is 30.4 Å². The Morgan fingerprint density at radius 2 is 1.77 bits per heavy atom. The van der Waals surface area contributed by atoms with Gasteiger partial charge >= 0.3 is 0 Å². The van der Waals surface area contributed by atoms with Crippen LogP contribution in [0.3, 0.4) is 0 Å². The molecule has 35 heavy (non-hydrogen) atoms. The molecule has 2 aliphatic heterocycles. The number of H-pyrrole nitrogens is 1. The molecule has 1 fully saturated rings. The third-order valence-corrected chi connectivity index (χ3v) is 10.9. The molecular weight excluding hydrogens is 490 g/mol. The molecular formula is C24H29N3O6S2. The van der Waals surface area contributed by atoms with Crippen LogP contribution in [0, 0.1) is 6.92 Å². The van der Waals surface area contributed by atoms with Crippen LogP contribution in [-0.4, -0.2) is 74.6 Å². The van der Waals surface area contributed by atoms with Crippen molar-refractivity contribution in [1.29, 1.82) is 0 Å². The molecule has 2 N–H and O–H groups in total. The number of aromatic amines is 1. The summed E-state index contributed by atoms with van der Waals surface area (Å²) in [7, 11) is -5.84. The number of rotatable bonds is 6. The van der Waals surface area contributed by atoms with Crippen LogP contribution in [0.2, 0.25) is 0 Å². The predicted molar refractivity (Wildman–Crippen MR) is 132 cm³/mol.